The molecule has 0 saturated heterocycles. The molecule has 0 bridgehead atoms. The van der Waals surface area contributed by atoms with E-state index in [1.54, 1.807) is 6.20 Å². The minimum atomic E-state index is 0.663. The first-order valence-electron chi connectivity index (χ1n) is 4.86. The Morgan fingerprint density at radius 3 is 2.56 bits per heavy atom. The van der Waals surface area contributed by atoms with Crippen molar-refractivity contribution in [3.63, 3.8) is 0 Å². The highest BCUT2D eigenvalue weighted by molar-refractivity contribution is 9.10. The molecule has 0 aromatic carbocycles. The molecule has 2 aromatic heterocycles. The monoisotopic (exact) mass is 302 g/mol. The molecule has 4 nitrogen and oxygen atoms in total. The van der Waals surface area contributed by atoms with Crippen LogP contribution in [0.5, 0.6) is 0 Å². The van der Waals surface area contributed by atoms with E-state index in [4.69, 9.17) is 11.6 Å². The van der Waals surface area contributed by atoms with Crippen LogP contribution < -0.4 is 0 Å². The van der Waals surface area contributed by atoms with E-state index in [2.05, 4.69) is 26.1 Å². The summed E-state index contributed by atoms with van der Waals surface area (Å²) < 4.78 is 4.75. The Bertz CT molecular complexity index is 529. The summed E-state index contributed by atoms with van der Waals surface area (Å²) in [5.74, 6) is 0. The molecule has 0 unspecified atom stereocenters. The normalized spacial score (nSPS) is 11.1. The second kappa shape index (κ2) is 4.22. The molecule has 16 heavy (non-hydrogen) atoms. The van der Waals surface area contributed by atoms with Crippen molar-refractivity contribution in [1.29, 1.82) is 0 Å². The summed E-state index contributed by atoms with van der Waals surface area (Å²) in [5, 5.41) is 9.25. The largest absolute Gasteiger partial charge is 0.269 e. The molecule has 2 aromatic rings. The van der Waals surface area contributed by atoms with Gasteiger partial charge in [0.05, 0.1) is 39.3 Å². The van der Waals surface area contributed by atoms with Crippen LogP contribution in [-0.2, 0) is 13.6 Å². The lowest BCUT2D eigenvalue weighted by Gasteiger charge is -2.05. The van der Waals surface area contributed by atoms with Gasteiger partial charge in [-0.15, -0.1) is 0 Å². The maximum atomic E-state index is 5.96. The van der Waals surface area contributed by atoms with Gasteiger partial charge in [-0.25, -0.2) is 0 Å². The van der Waals surface area contributed by atoms with Crippen LogP contribution in [0.1, 0.15) is 17.1 Å². The van der Waals surface area contributed by atoms with Gasteiger partial charge in [0.15, 0.2) is 0 Å². The van der Waals surface area contributed by atoms with E-state index < -0.39 is 0 Å². The third-order valence-electron chi connectivity index (χ3n) is 2.60. The van der Waals surface area contributed by atoms with Crippen LogP contribution in [0.4, 0.5) is 0 Å². The first-order chi connectivity index (χ1) is 7.50. The van der Waals surface area contributed by atoms with Crippen molar-refractivity contribution in [3.8, 4) is 0 Å². The van der Waals surface area contributed by atoms with Crippen molar-refractivity contribution in [3.05, 3.63) is 32.8 Å². The summed E-state index contributed by atoms with van der Waals surface area (Å²) in [6.07, 6.45) is 1.66. The van der Waals surface area contributed by atoms with Gasteiger partial charge in [0.1, 0.15) is 0 Å². The van der Waals surface area contributed by atoms with Crippen LogP contribution in [0.3, 0.4) is 0 Å². The molecule has 0 aliphatic heterocycles. The minimum absolute atomic E-state index is 0.663. The fourth-order valence-electron chi connectivity index (χ4n) is 1.58. The zero-order chi connectivity index (χ0) is 11.9. The van der Waals surface area contributed by atoms with Gasteiger partial charge in [0.2, 0.25) is 0 Å². The van der Waals surface area contributed by atoms with Gasteiger partial charge < -0.3 is 0 Å². The van der Waals surface area contributed by atoms with E-state index in [0.29, 0.717) is 11.6 Å². The first-order valence-corrected chi connectivity index (χ1v) is 6.03. The molecule has 2 rings (SSSR count). The number of aromatic nitrogens is 4. The third kappa shape index (κ3) is 1.89. The van der Waals surface area contributed by atoms with Gasteiger partial charge in [0, 0.05) is 7.05 Å². The molecule has 86 valence electrons. The highest BCUT2D eigenvalue weighted by Crippen LogP contribution is 2.22. The molecule has 0 atom stereocenters. The Kier molecular flexibility index (Phi) is 3.08. The Balaban J connectivity index is 2.37. The molecular formula is C10H12BrClN4. The highest BCUT2D eigenvalue weighted by Gasteiger charge is 2.13. The third-order valence-corrected chi connectivity index (χ3v) is 4.01. The van der Waals surface area contributed by atoms with Crippen LogP contribution in [0, 0.1) is 13.8 Å². The van der Waals surface area contributed by atoms with E-state index in [-0.39, 0.29) is 0 Å². The number of nitrogens with zero attached hydrogens (tertiary/aromatic N) is 4. The SMILES string of the molecule is Cc1nn(C)c(Cn2ncc(Cl)c2C)c1Br. The molecule has 0 spiro atoms. The lowest BCUT2D eigenvalue weighted by atomic mass is 10.3. The van der Waals surface area contributed by atoms with Crippen molar-refractivity contribution in [2.75, 3.05) is 0 Å². The van der Waals surface area contributed by atoms with E-state index in [9.17, 15) is 0 Å². The summed E-state index contributed by atoms with van der Waals surface area (Å²) in [7, 11) is 1.92. The molecule has 0 amide bonds. The number of rotatable bonds is 2. The average molecular weight is 304 g/mol. The number of halogens is 2. The van der Waals surface area contributed by atoms with Crippen LogP contribution in [0.2, 0.25) is 5.02 Å². The van der Waals surface area contributed by atoms with Crippen molar-refractivity contribution >= 4 is 27.5 Å². The fourth-order valence-corrected chi connectivity index (χ4v) is 2.18. The first kappa shape index (κ1) is 11.7. The summed E-state index contributed by atoms with van der Waals surface area (Å²) in [6.45, 7) is 4.58. The van der Waals surface area contributed by atoms with Crippen molar-refractivity contribution in [1.82, 2.24) is 19.6 Å². The topological polar surface area (TPSA) is 35.6 Å². The predicted molar refractivity (Wildman–Crippen MR) is 66.7 cm³/mol. The van der Waals surface area contributed by atoms with E-state index in [1.165, 1.54) is 0 Å². The predicted octanol–water partition coefficient (Wildman–Crippen LogP) is 2.70. The average Bonchev–Trinajstić information content (AvgIpc) is 2.66. The molecule has 0 N–H and O–H groups in total. The van der Waals surface area contributed by atoms with Gasteiger partial charge >= 0.3 is 0 Å². The van der Waals surface area contributed by atoms with Gasteiger partial charge in [0.25, 0.3) is 0 Å². The van der Waals surface area contributed by atoms with Gasteiger partial charge in [-0.2, -0.15) is 10.2 Å². The van der Waals surface area contributed by atoms with Gasteiger partial charge in [-0.3, -0.25) is 9.36 Å². The lowest BCUT2D eigenvalue weighted by Crippen LogP contribution is -2.08. The van der Waals surface area contributed by atoms with Crippen LogP contribution in [0.15, 0.2) is 10.7 Å². The Morgan fingerprint density at radius 2 is 2.12 bits per heavy atom. The summed E-state index contributed by atoms with van der Waals surface area (Å²) in [4.78, 5) is 0. The van der Waals surface area contributed by atoms with Crippen molar-refractivity contribution in [2.45, 2.75) is 20.4 Å². The number of aryl methyl sites for hydroxylation is 2. The molecule has 0 aliphatic carbocycles. The van der Waals surface area contributed by atoms with E-state index in [1.807, 2.05) is 30.3 Å². The second-order valence-electron chi connectivity index (χ2n) is 3.71. The molecule has 0 aliphatic rings. The molecular weight excluding hydrogens is 291 g/mol. The molecule has 0 radical (unpaired) electrons. The van der Waals surface area contributed by atoms with Crippen molar-refractivity contribution < 1.29 is 0 Å². The van der Waals surface area contributed by atoms with Gasteiger partial charge in [-0.1, -0.05) is 11.6 Å². The van der Waals surface area contributed by atoms with Crippen LogP contribution in [-0.4, -0.2) is 19.6 Å². The van der Waals surface area contributed by atoms with Crippen LogP contribution >= 0.6 is 27.5 Å². The zero-order valence-corrected chi connectivity index (χ0v) is 11.7. The minimum Gasteiger partial charge on any atom is -0.269 e. The Morgan fingerprint density at radius 1 is 1.44 bits per heavy atom. The molecule has 6 heteroatoms. The Labute approximate surface area is 107 Å². The Hall–Kier alpha value is -0.810. The highest BCUT2D eigenvalue weighted by atomic mass is 79.9. The zero-order valence-electron chi connectivity index (χ0n) is 9.33. The summed E-state index contributed by atoms with van der Waals surface area (Å²) in [5.41, 5.74) is 3.03. The van der Waals surface area contributed by atoms with Crippen LogP contribution in [0.25, 0.3) is 0 Å². The second-order valence-corrected chi connectivity index (χ2v) is 4.91. The standard InChI is InChI=1S/C10H12BrClN4/c1-6-10(11)9(15(3)14-6)5-16-7(2)8(12)4-13-16/h4H,5H2,1-3H3. The summed E-state index contributed by atoms with van der Waals surface area (Å²) >= 11 is 9.50. The van der Waals surface area contributed by atoms with E-state index >= 15 is 0 Å². The summed E-state index contributed by atoms with van der Waals surface area (Å²) in [6, 6.07) is 0. The van der Waals surface area contributed by atoms with Gasteiger partial charge in [-0.05, 0) is 29.8 Å². The fraction of sp³-hybridized carbons (Fsp3) is 0.400. The molecule has 0 fully saturated rings. The number of hydrogen-bond donors (Lipinski definition) is 0. The molecule has 2 heterocycles. The van der Waals surface area contributed by atoms with Crippen molar-refractivity contribution in [2.24, 2.45) is 7.05 Å². The smallest absolute Gasteiger partial charge is 0.0843 e. The lowest BCUT2D eigenvalue weighted by molar-refractivity contribution is 0.605. The quantitative estimate of drug-likeness (QED) is 0.855. The maximum Gasteiger partial charge on any atom is 0.0843 e. The van der Waals surface area contributed by atoms with E-state index in [0.717, 1.165) is 21.6 Å². The number of hydrogen-bond acceptors (Lipinski definition) is 2. The molecule has 0 saturated carbocycles. The maximum absolute atomic E-state index is 5.96.